The maximum atomic E-state index is 12.5. The second-order valence-corrected chi connectivity index (χ2v) is 6.60. The molecule has 10 nitrogen and oxygen atoms in total. The highest BCUT2D eigenvalue weighted by molar-refractivity contribution is 6.03. The monoisotopic (exact) mass is 425 g/mol. The van der Waals surface area contributed by atoms with Crippen LogP contribution in [0, 0.1) is 0 Å². The van der Waals surface area contributed by atoms with Gasteiger partial charge in [-0.25, -0.2) is 0 Å². The number of methoxy groups -OCH3 is 2. The molecule has 0 bridgehead atoms. The SMILES string of the molecule is COCCn1cc(C(=O)Nc2cnn(CC(=O)Nc3ccc(OC)cc3)c2)ccc1=O. The molecule has 0 saturated carbocycles. The number of anilines is 2. The van der Waals surface area contributed by atoms with Gasteiger partial charge < -0.3 is 24.7 Å². The Bertz CT molecular complexity index is 1100. The highest BCUT2D eigenvalue weighted by Crippen LogP contribution is 2.15. The molecule has 2 amide bonds. The number of pyridine rings is 1. The molecule has 0 unspecified atom stereocenters. The van der Waals surface area contributed by atoms with Crippen LogP contribution in [0.15, 0.2) is 59.8 Å². The predicted octanol–water partition coefficient (Wildman–Crippen LogP) is 1.59. The van der Waals surface area contributed by atoms with E-state index in [0.29, 0.717) is 35.8 Å². The molecule has 10 heteroatoms. The van der Waals surface area contributed by atoms with Crippen LogP contribution in [0.1, 0.15) is 10.4 Å². The average Bonchev–Trinajstić information content (AvgIpc) is 3.20. The van der Waals surface area contributed by atoms with E-state index in [1.54, 1.807) is 37.6 Å². The molecule has 2 N–H and O–H groups in total. The standard InChI is InChI=1S/C21H23N5O5/c1-30-10-9-25-12-15(3-8-20(25)28)21(29)24-17-11-22-26(13-17)14-19(27)23-16-4-6-18(31-2)7-5-16/h3-8,11-13H,9-10,14H2,1-2H3,(H,23,27)(H,24,29). The van der Waals surface area contributed by atoms with Crippen LogP contribution >= 0.6 is 0 Å². The summed E-state index contributed by atoms with van der Waals surface area (Å²) in [7, 11) is 3.11. The molecule has 0 saturated heterocycles. The van der Waals surface area contributed by atoms with E-state index in [1.165, 1.54) is 40.9 Å². The minimum atomic E-state index is -0.395. The number of ether oxygens (including phenoxy) is 2. The Hall–Kier alpha value is -3.92. The zero-order chi connectivity index (χ0) is 22.2. The van der Waals surface area contributed by atoms with E-state index in [9.17, 15) is 14.4 Å². The summed E-state index contributed by atoms with van der Waals surface area (Å²) in [6, 6.07) is 9.74. The summed E-state index contributed by atoms with van der Waals surface area (Å²) in [6.45, 7) is 0.678. The minimum absolute atomic E-state index is 0.0240. The van der Waals surface area contributed by atoms with Crippen LogP contribution in [0.25, 0.3) is 0 Å². The Morgan fingerprint density at radius 1 is 1.00 bits per heavy atom. The predicted molar refractivity (Wildman–Crippen MR) is 114 cm³/mol. The number of benzene rings is 1. The summed E-state index contributed by atoms with van der Waals surface area (Å²) < 4.78 is 12.9. The van der Waals surface area contributed by atoms with Gasteiger partial charge in [0.05, 0.1) is 31.2 Å². The van der Waals surface area contributed by atoms with Crippen molar-refractivity contribution in [2.24, 2.45) is 0 Å². The normalized spacial score (nSPS) is 10.5. The summed E-state index contributed by atoms with van der Waals surface area (Å²) in [6.07, 6.45) is 4.47. The maximum absolute atomic E-state index is 12.5. The van der Waals surface area contributed by atoms with Crippen molar-refractivity contribution in [3.63, 3.8) is 0 Å². The molecule has 0 atom stereocenters. The second-order valence-electron chi connectivity index (χ2n) is 6.60. The molecule has 162 valence electrons. The second kappa shape index (κ2) is 10.2. The zero-order valence-electron chi connectivity index (χ0n) is 17.2. The molecule has 0 aliphatic carbocycles. The summed E-state index contributed by atoms with van der Waals surface area (Å²) in [4.78, 5) is 36.5. The molecular formula is C21H23N5O5. The number of amides is 2. The van der Waals surface area contributed by atoms with Gasteiger partial charge in [-0.1, -0.05) is 0 Å². The molecule has 1 aromatic carbocycles. The van der Waals surface area contributed by atoms with Crippen molar-refractivity contribution in [1.82, 2.24) is 14.3 Å². The molecule has 0 aliphatic rings. The van der Waals surface area contributed by atoms with Crippen molar-refractivity contribution >= 4 is 23.2 Å². The van der Waals surface area contributed by atoms with Gasteiger partial charge >= 0.3 is 0 Å². The fourth-order valence-electron chi connectivity index (χ4n) is 2.77. The highest BCUT2D eigenvalue weighted by Gasteiger charge is 2.11. The zero-order valence-corrected chi connectivity index (χ0v) is 17.2. The van der Waals surface area contributed by atoms with Gasteiger partial charge in [-0.15, -0.1) is 0 Å². The molecule has 0 aliphatic heterocycles. The third kappa shape index (κ3) is 6.03. The third-order valence-corrected chi connectivity index (χ3v) is 4.35. The van der Waals surface area contributed by atoms with Gasteiger partial charge in [0, 0.05) is 37.8 Å². The number of carbonyl (C=O) groups excluding carboxylic acids is 2. The lowest BCUT2D eigenvalue weighted by Gasteiger charge is -2.08. The minimum Gasteiger partial charge on any atom is -0.497 e. The van der Waals surface area contributed by atoms with E-state index < -0.39 is 5.91 Å². The fourth-order valence-corrected chi connectivity index (χ4v) is 2.77. The van der Waals surface area contributed by atoms with Crippen LogP contribution < -0.4 is 20.9 Å². The van der Waals surface area contributed by atoms with Gasteiger partial charge in [0.2, 0.25) is 5.91 Å². The average molecular weight is 425 g/mol. The Kier molecular flexibility index (Phi) is 7.17. The molecule has 3 rings (SSSR count). The van der Waals surface area contributed by atoms with Crippen molar-refractivity contribution in [1.29, 1.82) is 0 Å². The number of carbonyl (C=O) groups is 2. The molecule has 2 heterocycles. The lowest BCUT2D eigenvalue weighted by atomic mass is 10.2. The number of hydrogen-bond acceptors (Lipinski definition) is 6. The molecule has 2 aromatic heterocycles. The number of nitrogens with zero attached hydrogens (tertiary/aromatic N) is 3. The first-order valence-electron chi connectivity index (χ1n) is 9.45. The van der Waals surface area contributed by atoms with Crippen LogP contribution in [0.2, 0.25) is 0 Å². The van der Waals surface area contributed by atoms with Gasteiger partial charge in [0.1, 0.15) is 12.3 Å². The molecule has 0 fully saturated rings. The number of aromatic nitrogens is 3. The van der Waals surface area contributed by atoms with Gasteiger partial charge in [-0.3, -0.25) is 19.1 Å². The Morgan fingerprint density at radius 2 is 1.77 bits per heavy atom. The topological polar surface area (TPSA) is 116 Å². The molecule has 3 aromatic rings. The van der Waals surface area contributed by atoms with Gasteiger partial charge in [0.25, 0.3) is 11.5 Å². The Morgan fingerprint density at radius 3 is 2.48 bits per heavy atom. The lowest BCUT2D eigenvalue weighted by molar-refractivity contribution is -0.116. The van der Waals surface area contributed by atoms with Gasteiger partial charge in [-0.05, 0) is 30.3 Å². The number of nitrogens with one attached hydrogen (secondary N) is 2. The van der Waals surface area contributed by atoms with E-state index in [4.69, 9.17) is 9.47 Å². The van der Waals surface area contributed by atoms with E-state index in [1.807, 2.05) is 0 Å². The molecular weight excluding hydrogens is 402 g/mol. The quantitative estimate of drug-likeness (QED) is 0.538. The lowest BCUT2D eigenvalue weighted by Crippen LogP contribution is -2.23. The summed E-state index contributed by atoms with van der Waals surface area (Å²) >= 11 is 0. The van der Waals surface area contributed by atoms with Crippen molar-refractivity contribution in [3.8, 4) is 5.75 Å². The highest BCUT2D eigenvalue weighted by atomic mass is 16.5. The van der Waals surface area contributed by atoms with Gasteiger partial charge in [0.15, 0.2) is 0 Å². The van der Waals surface area contributed by atoms with E-state index in [0.717, 1.165) is 0 Å². The van der Waals surface area contributed by atoms with Crippen molar-refractivity contribution in [2.45, 2.75) is 13.1 Å². The first-order valence-corrected chi connectivity index (χ1v) is 9.45. The Balaban J connectivity index is 1.58. The Labute approximate surface area is 178 Å². The van der Waals surface area contributed by atoms with Gasteiger partial charge in [-0.2, -0.15) is 5.10 Å². The molecule has 0 spiro atoms. The van der Waals surface area contributed by atoms with E-state index in [-0.39, 0.29) is 18.0 Å². The first-order chi connectivity index (χ1) is 15.0. The number of rotatable bonds is 9. The molecule has 31 heavy (non-hydrogen) atoms. The summed E-state index contributed by atoms with van der Waals surface area (Å²) in [5, 5.41) is 9.56. The van der Waals surface area contributed by atoms with Crippen molar-refractivity contribution < 1.29 is 19.1 Å². The van der Waals surface area contributed by atoms with E-state index >= 15 is 0 Å². The first kappa shape index (κ1) is 21.8. The van der Waals surface area contributed by atoms with E-state index in [2.05, 4.69) is 15.7 Å². The van der Waals surface area contributed by atoms with Crippen molar-refractivity contribution in [3.05, 3.63) is 70.9 Å². The van der Waals surface area contributed by atoms with Crippen LogP contribution in [-0.4, -0.2) is 47.0 Å². The van der Waals surface area contributed by atoms with Crippen LogP contribution in [0.3, 0.4) is 0 Å². The van der Waals surface area contributed by atoms with Crippen LogP contribution in [-0.2, 0) is 22.6 Å². The third-order valence-electron chi connectivity index (χ3n) is 4.35. The fraction of sp³-hybridized carbons (Fsp3) is 0.238. The summed E-state index contributed by atoms with van der Waals surface area (Å²) in [5.41, 5.74) is 1.16. The molecule has 0 radical (unpaired) electrons. The number of hydrogen-bond donors (Lipinski definition) is 2. The largest absolute Gasteiger partial charge is 0.497 e. The van der Waals surface area contributed by atoms with Crippen molar-refractivity contribution in [2.75, 3.05) is 31.5 Å². The smallest absolute Gasteiger partial charge is 0.257 e. The van der Waals surface area contributed by atoms with Crippen LogP contribution in [0.5, 0.6) is 5.75 Å². The summed E-state index contributed by atoms with van der Waals surface area (Å²) in [5.74, 6) is 0.0318. The maximum Gasteiger partial charge on any atom is 0.257 e. The van der Waals surface area contributed by atoms with Crippen LogP contribution in [0.4, 0.5) is 11.4 Å².